The van der Waals surface area contributed by atoms with E-state index in [-0.39, 0.29) is 12.1 Å². The number of ether oxygens (including phenoxy) is 1. The van der Waals surface area contributed by atoms with E-state index >= 15 is 0 Å². The number of hydrogen-bond donors (Lipinski definition) is 1. The highest BCUT2D eigenvalue weighted by Gasteiger charge is 2.31. The van der Waals surface area contributed by atoms with Gasteiger partial charge in [-0.1, -0.05) is 17.7 Å². The average Bonchev–Trinajstić information content (AvgIpc) is 3.05. The molecule has 0 radical (unpaired) electrons. The van der Waals surface area contributed by atoms with Crippen molar-refractivity contribution in [2.75, 3.05) is 19.7 Å². The molecule has 1 aromatic rings. The van der Waals surface area contributed by atoms with E-state index in [1.165, 1.54) is 0 Å². The van der Waals surface area contributed by atoms with Crippen molar-refractivity contribution in [2.24, 2.45) is 10.7 Å². The Morgan fingerprint density at radius 2 is 2.35 bits per heavy atom. The molecule has 0 aliphatic carbocycles. The summed E-state index contributed by atoms with van der Waals surface area (Å²) in [4.78, 5) is 6.51. The van der Waals surface area contributed by atoms with E-state index in [2.05, 4.69) is 31.9 Å². The monoisotopic (exact) mass is 357 g/mol. The molecule has 2 unspecified atom stereocenters. The number of benzene rings is 1. The second-order valence-electron chi connectivity index (χ2n) is 5.18. The molecular formula is C14H17BrClN3O. The highest BCUT2D eigenvalue weighted by molar-refractivity contribution is 9.10. The fourth-order valence-corrected chi connectivity index (χ4v) is 3.20. The van der Waals surface area contributed by atoms with Crippen LogP contribution in [0.25, 0.3) is 0 Å². The van der Waals surface area contributed by atoms with Crippen molar-refractivity contribution in [1.29, 1.82) is 0 Å². The normalized spacial score (nSPS) is 26.1. The molecule has 2 N–H and O–H groups in total. The molecule has 3 rings (SSSR count). The Kier molecular flexibility index (Phi) is 4.19. The van der Waals surface area contributed by atoms with Gasteiger partial charge in [-0.25, -0.2) is 0 Å². The fraction of sp³-hybridized carbons (Fsp3) is 0.500. The van der Waals surface area contributed by atoms with Gasteiger partial charge in [-0.3, -0.25) is 4.99 Å². The lowest BCUT2D eigenvalue weighted by molar-refractivity contribution is 0.0853. The second-order valence-corrected chi connectivity index (χ2v) is 6.44. The Hall–Kier alpha value is -0.780. The Labute approximate surface area is 132 Å². The number of rotatable bonds is 3. The van der Waals surface area contributed by atoms with Crippen LogP contribution in [0, 0.1) is 0 Å². The summed E-state index contributed by atoms with van der Waals surface area (Å²) in [5.41, 5.74) is 7.17. The summed E-state index contributed by atoms with van der Waals surface area (Å²) in [6, 6.07) is 6.17. The molecule has 6 heteroatoms. The van der Waals surface area contributed by atoms with Gasteiger partial charge in [0, 0.05) is 17.6 Å². The van der Waals surface area contributed by atoms with Crippen molar-refractivity contribution in [3.63, 3.8) is 0 Å². The summed E-state index contributed by atoms with van der Waals surface area (Å²) >= 11 is 9.60. The van der Waals surface area contributed by atoms with Crippen LogP contribution in [0.1, 0.15) is 24.4 Å². The molecular weight excluding hydrogens is 342 g/mol. The molecule has 108 valence electrons. The largest absolute Gasteiger partial charge is 0.376 e. The minimum Gasteiger partial charge on any atom is -0.376 e. The quantitative estimate of drug-likeness (QED) is 0.904. The number of nitrogens with zero attached hydrogens (tertiary/aromatic N) is 2. The van der Waals surface area contributed by atoms with Crippen LogP contribution in [0.3, 0.4) is 0 Å². The summed E-state index contributed by atoms with van der Waals surface area (Å²) < 4.78 is 6.61. The molecule has 2 heterocycles. The van der Waals surface area contributed by atoms with Crippen molar-refractivity contribution < 1.29 is 4.74 Å². The van der Waals surface area contributed by atoms with Crippen LogP contribution < -0.4 is 5.73 Å². The third kappa shape index (κ3) is 2.80. The zero-order chi connectivity index (χ0) is 14.1. The van der Waals surface area contributed by atoms with Gasteiger partial charge in [-0.2, -0.15) is 0 Å². The van der Waals surface area contributed by atoms with Gasteiger partial charge >= 0.3 is 0 Å². The molecule has 1 saturated heterocycles. The van der Waals surface area contributed by atoms with Gasteiger partial charge in [0.1, 0.15) is 0 Å². The first-order valence-corrected chi connectivity index (χ1v) is 7.95. The number of hydrogen-bond acceptors (Lipinski definition) is 4. The van der Waals surface area contributed by atoms with Crippen LogP contribution in [0.15, 0.2) is 27.7 Å². The van der Waals surface area contributed by atoms with E-state index in [0.29, 0.717) is 17.5 Å². The van der Waals surface area contributed by atoms with Crippen LogP contribution in [-0.4, -0.2) is 36.7 Å². The third-order valence-electron chi connectivity index (χ3n) is 3.85. The summed E-state index contributed by atoms with van der Waals surface area (Å²) in [5, 5.41) is 0.713. The Balaban J connectivity index is 1.78. The molecule has 0 amide bonds. The molecule has 0 spiro atoms. The maximum absolute atomic E-state index is 6.19. The Bertz CT molecular complexity index is 531. The van der Waals surface area contributed by atoms with Crippen molar-refractivity contribution in [3.05, 3.63) is 33.3 Å². The van der Waals surface area contributed by atoms with Gasteiger partial charge in [0.25, 0.3) is 0 Å². The average molecular weight is 359 g/mol. The van der Waals surface area contributed by atoms with Crippen LogP contribution >= 0.6 is 27.5 Å². The molecule has 20 heavy (non-hydrogen) atoms. The van der Waals surface area contributed by atoms with Crippen LogP contribution in [0.2, 0.25) is 5.02 Å². The number of halogens is 2. The summed E-state index contributed by atoms with van der Waals surface area (Å²) in [7, 11) is 0. The number of aliphatic imine (C=N–C) groups is 1. The zero-order valence-corrected chi connectivity index (χ0v) is 13.4. The lowest BCUT2D eigenvalue weighted by Crippen LogP contribution is -2.41. The summed E-state index contributed by atoms with van der Waals surface area (Å²) in [6.07, 6.45) is 2.48. The predicted octanol–water partition coefficient (Wildman–Crippen LogP) is 2.95. The Morgan fingerprint density at radius 3 is 3.05 bits per heavy atom. The molecule has 4 nitrogen and oxygen atoms in total. The Morgan fingerprint density at radius 1 is 1.50 bits per heavy atom. The van der Waals surface area contributed by atoms with Crippen molar-refractivity contribution in [3.8, 4) is 0 Å². The van der Waals surface area contributed by atoms with Crippen molar-refractivity contribution >= 4 is 33.5 Å². The first kappa shape index (κ1) is 14.2. The van der Waals surface area contributed by atoms with Gasteiger partial charge in [0.2, 0.25) is 0 Å². The lowest BCUT2D eigenvalue weighted by Gasteiger charge is -2.29. The van der Waals surface area contributed by atoms with Crippen LogP contribution in [0.4, 0.5) is 0 Å². The second kappa shape index (κ2) is 5.92. The first-order valence-electron chi connectivity index (χ1n) is 6.78. The first-order chi connectivity index (χ1) is 9.65. The van der Waals surface area contributed by atoms with Crippen molar-refractivity contribution in [1.82, 2.24) is 4.90 Å². The molecule has 0 aromatic heterocycles. The topological polar surface area (TPSA) is 50.8 Å². The molecule has 0 bridgehead atoms. The highest BCUT2D eigenvalue weighted by atomic mass is 79.9. The zero-order valence-electron chi connectivity index (χ0n) is 11.1. The number of nitrogens with two attached hydrogens (primary N) is 1. The van der Waals surface area contributed by atoms with Gasteiger partial charge in [0.05, 0.1) is 23.7 Å². The number of guanidine groups is 1. The summed E-state index contributed by atoms with van der Waals surface area (Å²) in [5.74, 6) is 0.601. The maximum Gasteiger partial charge on any atom is 0.192 e. The molecule has 1 fully saturated rings. The molecule has 1 aromatic carbocycles. The van der Waals surface area contributed by atoms with E-state index in [1.54, 1.807) is 0 Å². The third-order valence-corrected chi connectivity index (χ3v) is 5.08. The molecule has 2 atom stereocenters. The van der Waals surface area contributed by atoms with Gasteiger partial charge in [-0.05, 0) is 46.5 Å². The lowest BCUT2D eigenvalue weighted by atomic mass is 10.1. The highest BCUT2D eigenvalue weighted by Crippen LogP contribution is 2.31. The smallest absolute Gasteiger partial charge is 0.192 e. The van der Waals surface area contributed by atoms with E-state index in [9.17, 15) is 0 Å². The molecule has 2 aliphatic heterocycles. The fourth-order valence-electron chi connectivity index (χ4n) is 2.76. The predicted molar refractivity (Wildman–Crippen MR) is 84.1 cm³/mol. The van der Waals surface area contributed by atoms with Crippen LogP contribution in [0.5, 0.6) is 0 Å². The van der Waals surface area contributed by atoms with E-state index in [0.717, 1.165) is 36.0 Å². The maximum atomic E-state index is 6.19. The minimum absolute atomic E-state index is 0.157. The van der Waals surface area contributed by atoms with Gasteiger partial charge in [-0.15, -0.1) is 0 Å². The van der Waals surface area contributed by atoms with E-state index in [4.69, 9.17) is 22.1 Å². The van der Waals surface area contributed by atoms with E-state index < -0.39 is 0 Å². The molecule has 2 aliphatic rings. The standard InChI is InChI=1S/C14H17BrClN3O/c15-11-4-3-9(6-12(11)16)13-7-18-14(17)19(13)8-10-2-1-5-20-10/h3-4,6,10,13H,1-2,5,7-8H2,(H2,17,18). The molecule has 0 saturated carbocycles. The SMILES string of the molecule is NC1=NCC(c2ccc(Br)c(Cl)c2)N1CC1CCCO1. The van der Waals surface area contributed by atoms with Crippen LogP contribution in [-0.2, 0) is 4.74 Å². The van der Waals surface area contributed by atoms with E-state index in [1.807, 2.05) is 12.1 Å². The van der Waals surface area contributed by atoms with Gasteiger partial charge in [0.15, 0.2) is 5.96 Å². The minimum atomic E-state index is 0.157. The summed E-state index contributed by atoms with van der Waals surface area (Å²) in [6.45, 7) is 2.33. The van der Waals surface area contributed by atoms with Crippen molar-refractivity contribution in [2.45, 2.75) is 25.0 Å². The van der Waals surface area contributed by atoms with Gasteiger partial charge < -0.3 is 15.4 Å².